The zero-order valence-electron chi connectivity index (χ0n) is 11.6. The standard InChI is InChI=1S/C13H22N2O3S/c1-13(2,3)14-19(17,18)15(9-10-16)11-12-7-5-4-6-8-12/h4-8,14,16H,9-11H2,1-3H3. The van der Waals surface area contributed by atoms with E-state index in [-0.39, 0.29) is 19.7 Å². The lowest BCUT2D eigenvalue weighted by atomic mass is 10.1. The van der Waals surface area contributed by atoms with Crippen LogP contribution >= 0.6 is 0 Å². The van der Waals surface area contributed by atoms with E-state index in [2.05, 4.69) is 4.72 Å². The van der Waals surface area contributed by atoms with E-state index < -0.39 is 15.7 Å². The van der Waals surface area contributed by atoms with Crippen molar-refractivity contribution in [2.24, 2.45) is 0 Å². The van der Waals surface area contributed by atoms with Gasteiger partial charge in [-0.25, -0.2) is 0 Å². The van der Waals surface area contributed by atoms with E-state index >= 15 is 0 Å². The average molecular weight is 286 g/mol. The van der Waals surface area contributed by atoms with Crippen molar-refractivity contribution in [2.75, 3.05) is 13.2 Å². The number of hydrogen-bond donors (Lipinski definition) is 2. The van der Waals surface area contributed by atoms with E-state index in [1.165, 1.54) is 4.31 Å². The summed E-state index contributed by atoms with van der Waals surface area (Å²) in [6.45, 7) is 5.45. The minimum Gasteiger partial charge on any atom is -0.395 e. The summed E-state index contributed by atoms with van der Waals surface area (Å²) in [5.74, 6) is 0. The molecule has 0 radical (unpaired) electrons. The molecular weight excluding hydrogens is 264 g/mol. The van der Waals surface area contributed by atoms with Gasteiger partial charge in [0.05, 0.1) is 6.61 Å². The van der Waals surface area contributed by atoms with Crippen molar-refractivity contribution in [1.29, 1.82) is 0 Å². The van der Waals surface area contributed by atoms with Crippen LogP contribution < -0.4 is 4.72 Å². The first-order valence-corrected chi connectivity index (χ1v) is 7.62. The molecule has 0 saturated heterocycles. The maximum Gasteiger partial charge on any atom is 0.280 e. The third-order valence-corrected chi connectivity index (χ3v) is 4.19. The van der Waals surface area contributed by atoms with E-state index in [1.807, 2.05) is 30.3 Å². The Morgan fingerprint density at radius 2 is 1.79 bits per heavy atom. The summed E-state index contributed by atoms with van der Waals surface area (Å²) in [7, 11) is -3.62. The molecule has 19 heavy (non-hydrogen) atoms. The molecule has 0 unspecified atom stereocenters. The Balaban J connectivity index is 2.88. The maximum absolute atomic E-state index is 12.2. The first-order valence-electron chi connectivity index (χ1n) is 6.18. The van der Waals surface area contributed by atoms with Crippen LogP contribution in [-0.4, -0.2) is 36.5 Å². The fourth-order valence-electron chi connectivity index (χ4n) is 1.63. The fraction of sp³-hybridized carbons (Fsp3) is 0.538. The molecule has 0 aliphatic rings. The van der Waals surface area contributed by atoms with E-state index in [1.54, 1.807) is 20.8 Å². The fourth-order valence-corrected chi connectivity index (χ4v) is 3.18. The Hall–Kier alpha value is -0.950. The quantitative estimate of drug-likeness (QED) is 0.823. The molecule has 2 N–H and O–H groups in total. The van der Waals surface area contributed by atoms with Crippen molar-refractivity contribution in [1.82, 2.24) is 9.03 Å². The molecule has 0 bridgehead atoms. The molecule has 0 aliphatic carbocycles. The third-order valence-electron chi connectivity index (χ3n) is 2.33. The summed E-state index contributed by atoms with van der Waals surface area (Å²) in [6, 6.07) is 9.31. The third kappa shape index (κ3) is 5.69. The lowest BCUT2D eigenvalue weighted by Crippen LogP contribution is -2.49. The number of rotatable bonds is 6. The number of hydrogen-bond acceptors (Lipinski definition) is 3. The Kier molecular flexibility index (Phi) is 5.49. The normalized spacial score (nSPS) is 12.9. The number of benzene rings is 1. The summed E-state index contributed by atoms with van der Waals surface area (Å²) in [4.78, 5) is 0. The molecular formula is C13H22N2O3S. The zero-order chi connectivity index (χ0) is 14.5. The SMILES string of the molecule is CC(C)(C)NS(=O)(=O)N(CCO)Cc1ccccc1. The molecule has 0 amide bonds. The van der Waals surface area contributed by atoms with Crippen molar-refractivity contribution in [2.45, 2.75) is 32.9 Å². The molecule has 1 aromatic carbocycles. The van der Waals surface area contributed by atoms with Gasteiger partial charge in [-0.05, 0) is 26.3 Å². The zero-order valence-corrected chi connectivity index (χ0v) is 12.4. The van der Waals surface area contributed by atoms with Gasteiger partial charge in [-0.2, -0.15) is 17.4 Å². The second kappa shape index (κ2) is 6.47. The summed E-state index contributed by atoms with van der Waals surface area (Å²) in [5.41, 5.74) is 0.332. The van der Waals surface area contributed by atoms with E-state index in [0.717, 1.165) is 5.56 Å². The Bertz CT molecular complexity index is 480. The van der Waals surface area contributed by atoms with Gasteiger partial charge in [-0.1, -0.05) is 30.3 Å². The number of aliphatic hydroxyl groups excluding tert-OH is 1. The predicted molar refractivity (Wildman–Crippen MR) is 75.7 cm³/mol. The van der Waals surface area contributed by atoms with Crippen molar-refractivity contribution < 1.29 is 13.5 Å². The topological polar surface area (TPSA) is 69.6 Å². The molecule has 0 aliphatic heterocycles. The Labute approximate surface area is 115 Å². The van der Waals surface area contributed by atoms with Gasteiger partial charge >= 0.3 is 0 Å². The number of nitrogens with zero attached hydrogens (tertiary/aromatic N) is 1. The monoisotopic (exact) mass is 286 g/mol. The number of nitrogens with one attached hydrogen (secondary N) is 1. The van der Waals surface area contributed by atoms with Crippen LogP contribution in [0.2, 0.25) is 0 Å². The minimum atomic E-state index is -3.62. The van der Waals surface area contributed by atoms with Crippen molar-refractivity contribution in [3.8, 4) is 0 Å². The van der Waals surface area contributed by atoms with E-state index in [0.29, 0.717) is 0 Å². The molecule has 0 atom stereocenters. The van der Waals surface area contributed by atoms with Gasteiger partial charge in [0, 0.05) is 18.6 Å². The Morgan fingerprint density at radius 1 is 1.21 bits per heavy atom. The predicted octanol–water partition coefficient (Wildman–Crippen LogP) is 1.11. The van der Waals surface area contributed by atoms with Crippen molar-refractivity contribution in [3.05, 3.63) is 35.9 Å². The minimum absolute atomic E-state index is 0.0697. The van der Waals surface area contributed by atoms with Gasteiger partial charge in [-0.3, -0.25) is 0 Å². The van der Waals surface area contributed by atoms with Crippen LogP contribution in [0.1, 0.15) is 26.3 Å². The molecule has 6 heteroatoms. The molecule has 0 saturated carbocycles. The average Bonchev–Trinajstić information content (AvgIpc) is 2.26. The van der Waals surface area contributed by atoms with Gasteiger partial charge in [0.2, 0.25) is 0 Å². The highest BCUT2D eigenvalue weighted by atomic mass is 32.2. The molecule has 0 fully saturated rings. The van der Waals surface area contributed by atoms with E-state index in [4.69, 9.17) is 5.11 Å². The lowest BCUT2D eigenvalue weighted by molar-refractivity contribution is 0.248. The highest BCUT2D eigenvalue weighted by Crippen LogP contribution is 2.11. The highest BCUT2D eigenvalue weighted by Gasteiger charge is 2.26. The second-order valence-corrected chi connectivity index (χ2v) is 7.07. The molecule has 5 nitrogen and oxygen atoms in total. The summed E-state index contributed by atoms with van der Waals surface area (Å²) >= 11 is 0. The molecule has 1 rings (SSSR count). The Morgan fingerprint density at radius 3 is 2.26 bits per heavy atom. The summed E-state index contributed by atoms with van der Waals surface area (Å²) in [5, 5.41) is 9.04. The van der Waals surface area contributed by atoms with Gasteiger partial charge in [0.1, 0.15) is 0 Å². The van der Waals surface area contributed by atoms with Crippen LogP contribution in [0, 0.1) is 0 Å². The van der Waals surface area contributed by atoms with Gasteiger partial charge in [0.25, 0.3) is 10.2 Å². The second-order valence-electron chi connectivity index (χ2n) is 5.40. The summed E-state index contributed by atoms with van der Waals surface area (Å²) in [6.07, 6.45) is 0. The highest BCUT2D eigenvalue weighted by molar-refractivity contribution is 7.87. The van der Waals surface area contributed by atoms with Crippen LogP contribution in [0.4, 0.5) is 0 Å². The van der Waals surface area contributed by atoms with Crippen LogP contribution in [0.5, 0.6) is 0 Å². The lowest BCUT2D eigenvalue weighted by Gasteiger charge is -2.27. The smallest absolute Gasteiger partial charge is 0.280 e. The molecule has 108 valence electrons. The molecule has 0 spiro atoms. The van der Waals surface area contributed by atoms with Crippen LogP contribution in [0.15, 0.2) is 30.3 Å². The first-order chi connectivity index (χ1) is 8.74. The van der Waals surface area contributed by atoms with Crippen LogP contribution in [0.3, 0.4) is 0 Å². The molecule has 1 aromatic rings. The summed E-state index contributed by atoms with van der Waals surface area (Å²) < 4.78 is 28.3. The van der Waals surface area contributed by atoms with Gasteiger partial charge < -0.3 is 5.11 Å². The molecule has 0 aromatic heterocycles. The molecule has 0 heterocycles. The van der Waals surface area contributed by atoms with Crippen LogP contribution in [-0.2, 0) is 16.8 Å². The largest absolute Gasteiger partial charge is 0.395 e. The van der Waals surface area contributed by atoms with Gasteiger partial charge in [0.15, 0.2) is 0 Å². The van der Waals surface area contributed by atoms with Gasteiger partial charge in [-0.15, -0.1) is 0 Å². The van der Waals surface area contributed by atoms with E-state index in [9.17, 15) is 8.42 Å². The number of aliphatic hydroxyl groups is 1. The van der Waals surface area contributed by atoms with Crippen molar-refractivity contribution in [3.63, 3.8) is 0 Å². The first kappa shape index (κ1) is 16.1. The van der Waals surface area contributed by atoms with Crippen LogP contribution in [0.25, 0.3) is 0 Å². The maximum atomic E-state index is 12.2. The van der Waals surface area contributed by atoms with Crippen molar-refractivity contribution >= 4 is 10.2 Å².